The summed E-state index contributed by atoms with van der Waals surface area (Å²) in [5, 5.41) is 11.2. The third kappa shape index (κ3) is 5.88. The zero-order chi connectivity index (χ0) is 50.4. The number of benzene rings is 8. The highest BCUT2D eigenvalue weighted by Gasteiger charge is 2.54. The van der Waals surface area contributed by atoms with Crippen molar-refractivity contribution in [1.29, 1.82) is 0 Å². The van der Waals surface area contributed by atoms with Gasteiger partial charge in [-0.05, 0) is 244 Å². The Morgan fingerprint density at radius 3 is 1.82 bits per heavy atom. The highest BCUT2D eigenvalue weighted by molar-refractivity contribution is 7.28. The first kappa shape index (κ1) is 43.8. The highest BCUT2D eigenvalue weighted by atomic mass is 32.1. The van der Waals surface area contributed by atoms with Crippen molar-refractivity contribution in [3.05, 3.63) is 162 Å². The van der Waals surface area contributed by atoms with Crippen LogP contribution in [0.2, 0.25) is 0 Å². The summed E-state index contributed by atoms with van der Waals surface area (Å²) in [4.78, 5) is 2.81. The van der Waals surface area contributed by atoms with Crippen molar-refractivity contribution in [2.45, 2.75) is 114 Å². The molecule has 8 bridgehead atoms. The Balaban J connectivity index is 0.977. The molecule has 3 aromatic heterocycles. The molecule has 5 heteroatoms. The molecule has 8 fully saturated rings. The molecule has 11 aromatic rings. The minimum absolute atomic E-state index is 0.0168. The molecule has 0 N–H and O–H groups in total. The van der Waals surface area contributed by atoms with Crippen molar-refractivity contribution in [2.75, 3.05) is 4.90 Å². The predicted octanol–water partition coefficient (Wildman–Crippen LogP) is 18.8. The van der Waals surface area contributed by atoms with Crippen LogP contribution in [0.1, 0.15) is 115 Å². The molecular formula is C72H63BN2S2. The van der Waals surface area contributed by atoms with E-state index in [4.69, 9.17) is 0 Å². The van der Waals surface area contributed by atoms with E-state index in [0.717, 1.165) is 35.5 Å². The molecule has 2 nitrogen and oxygen atoms in total. The highest BCUT2D eigenvalue weighted by Crippen LogP contribution is 2.64. The molecule has 10 aliphatic rings. The Hall–Kier alpha value is -6.14. The summed E-state index contributed by atoms with van der Waals surface area (Å²) in [5.74, 6) is 5.35. The molecule has 5 heterocycles. The maximum absolute atomic E-state index is 2.94. The van der Waals surface area contributed by atoms with Crippen LogP contribution >= 0.6 is 22.7 Å². The van der Waals surface area contributed by atoms with Crippen LogP contribution in [0.3, 0.4) is 0 Å². The van der Waals surface area contributed by atoms with Crippen LogP contribution in [0.25, 0.3) is 85.1 Å². The molecule has 0 spiro atoms. The maximum atomic E-state index is 2.94. The molecule has 8 aromatic carbocycles. The number of hydrogen-bond donors (Lipinski definition) is 0. The molecular weight excluding hydrogens is 968 g/mol. The number of nitrogens with zero attached hydrogens (tertiary/aromatic N) is 2. The van der Waals surface area contributed by atoms with Gasteiger partial charge in [-0.1, -0.05) is 106 Å². The van der Waals surface area contributed by atoms with Gasteiger partial charge in [-0.3, -0.25) is 0 Å². The van der Waals surface area contributed by atoms with Crippen LogP contribution in [0.5, 0.6) is 0 Å². The molecule has 2 aliphatic heterocycles. The lowest BCUT2D eigenvalue weighted by Gasteiger charge is -2.57. The number of anilines is 3. The molecule has 8 aliphatic carbocycles. The molecule has 0 unspecified atom stereocenters. The molecule has 0 amide bonds. The first-order valence-corrected chi connectivity index (χ1v) is 31.3. The second kappa shape index (κ2) is 15.0. The normalized spacial score (nSPS) is 27.4. The van der Waals surface area contributed by atoms with Gasteiger partial charge in [0.2, 0.25) is 0 Å². The van der Waals surface area contributed by atoms with Gasteiger partial charge in [0.05, 0.1) is 21.1 Å². The lowest BCUT2D eigenvalue weighted by Crippen LogP contribution is -2.56. The van der Waals surface area contributed by atoms with E-state index in [0.29, 0.717) is 5.41 Å². The molecule has 376 valence electrons. The number of rotatable bonds is 4. The monoisotopic (exact) mass is 1030 g/mol. The number of thiophene rings is 2. The SMILES string of the molecule is CC(C)(C)c1ccc(N2c3sc4cc5ccccc5cc4c3B3c4c(cc5c(sc6ccccc65)c42)-c2cc(C45CC6CC(CC(C6)C4)C5)cc4c5cc(C67CC8CC(CC(C8)C6)C7)ccc5n3c24)c(-c2ccccc2)c1. The Kier molecular flexibility index (Phi) is 8.50. The van der Waals surface area contributed by atoms with E-state index in [1.54, 1.807) is 11.1 Å². The number of aromatic nitrogens is 1. The third-order valence-electron chi connectivity index (χ3n) is 22.2. The topological polar surface area (TPSA) is 8.17 Å². The minimum atomic E-state index is -0.0203. The molecule has 21 rings (SSSR count). The summed E-state index contributed by atoms with van der Waals surface area (Å²) < 4.78 is 7.08. The molecule has 0 saturated heterocycles. The minimum Gasteiger partial charge on any atom is -0.375 e. The molecule has 8 saturated carbocycles. The van der Waals surface area contributed by atoms with Gasteiger partial charge in [0, 0.05) is 53.1 Å². The van der Waals surface area contributed by atoms with Crippen molar-refractivity contribution in [2.24, 2.45) is 35.5 Å². The average molecular weight is 1030 g/mol. The van der Waals surface area contributed by atoms with Crippen LogP contribution in [0, 0.1) is 35.5 Å². The Morgan fingerprint density at radius 2 is 1.12 bits per heavy atom. The average Bonchev–Trinajstić information content (AvgIpc) is 4.33. The Labute approximate surface area is 460 Å². The van der Waals surface area contributed by atoms with Crippen molar-refractivity contribution >= 4 is 120 Å². The fourth-order valence-corrected chi connectivity index (χ4v) is 22.3. The molecule has 0 atom stereocenters. The van der Waals surface area contributed by atoms with E-state index >= 15 is 0 Å². The number of hydrogen-bond acceptors (Lipinski definition) is 3. The van der Waals surface area contributed by atoms with Crippen molar-refractivity contribution in [3.8, 4) is 22.3 Å². The Morgan fingerprint density at radius 1 is 0.481 bits per heavy atom. The van der Waals surface area contributed by atoms with Gasteiger partial charge in [0.25, 0.3) is 0 Å². The maximum Gasteiger partial charge on any atom is 0.334 e. The third-order valence-corrected chi connectivity index (χ3v) is 24.5. The van der Waals surface area contributed by atoms with Gasteiger partial charge in [0.1, 0.15) is 0 Å². The van der Waals surface area contributed by atoms with Crippen molar-refractivity contribution in [3.63, 3.8) is 0 Å². The zero-order valence-corrected chi connectivity index (χ0v) is 46.2. The van der Waals surface area contributed by atoms with E-state index in [1.165, 1.54) is 195 Å². The van der Waals surface area contributed by atoms with Gasteiger partial charge in [-0.25, -0.2) is 0 Å². The van der Waals surface area contributed by atoms with E-state index in [1.807, 2.05) is 22.7 Å². The summed E-state index contributed by atoms with van der Waals surface area (Å²) in [6.45, 7) is 7.09. The summed E-state index contributed by atoms with van der Waals surface area (Å²) in [6.07, 6.45) is 17.1. The van der Waals surface area contributed by atoms with Gasteiger partial charge >= 0.3 is 6.85 Å². The quantitative estimate of drug-likeness (QED) is 0.160. The van der Waals surface area contributed by atoms with Crippen molar-refractivity contribution < 1.29 is 0 Å². The van der Waals surface area contributed by atoms with Gasteiger partial charge in [-0.15, -0.1) is 22.7 Å². The van der Waals surface area contributed by atoms with Gasteiger partial charge in [0.15, 0.2) is 0 Å². The van der Waals surface area contributed by atoms with Gasteiger partial charge < -0.3 is 9.38 Å². The van der Waals surface area contributed by atoms with Gasteiger partial charge in [-0.2, -0.15) is 0 Å². The zero-order valence-electron chi connectivity index (χ0n) is 44.6. The van der Waals surface area contributed by atoms with Crippen LogP contribution in [0.4, 0.5) is 16.4 Å². The largest absolute Gasteiger partial charge is 0.375 e. The van der Waals surface area contributed by atoms with Crippen LogP contribution < -0.4 is 15.8 Å². The lowest BCUT2D eigenvalue weighted by molar-refractivity contribution is -0.00527. The first-order valence-electron chi connectivity index (χ1n) is 29.7. The van der Waals surface area contributed by atoms with Crippen LogP contribution in [-0.2, 0) is 16.2 Å². The van der Waals surface area contributed by atoms with Crippen LogP contribution in [0.15, 0.2) is 146 Å². The summed E-state index contributed by atoms with van der Waals surface area (Å²) in [7, 11) is 0. The van der Waals surface area contributed by atoms with Crippen LogP contribution in [-0.4, -0.2) is 11.3 Å². The second-order valence-electron chi connectivity index (χ2n) is 27.7. The van der Waals surface area contributed by atoms with E-state index < -0.39 is 0 Å². The number of fused-ring (bicyclic) bond motifs is 14. The molecule has 0 radical (unpaired) electrons. The fourth-order valence-electron chi connectivity index (χ4n) is 19.8. The van der Waals surface area contributed by atoms with Crippen molar-refractivity contribution in [1.82, 2.24) is 4.48 Å². The smallest absolute Gasteiger partial charge is 0.334 e. The summed E-state index contributed by atoms with van der Waals surface area (Å²) >= 11 is 4.04. The summed E-state index contributed by atoms with van der Waals surface area (Å²) in [5.41, 5.74) is 19.2. The van der Waals surface area contributed by atoms with E-state index in [-0.39, 0.29) is 17.7 Å². The Bertz CT molecular complexity index is 4350. The molecule has 77 heavy (non-hydrogen) atoms. The predicted molar refractivity (Wildman–Crippen MR) is 330 cm³/mol. The van der Waals surface area contributed by atoms with E-state index in [2.05, 4.69) is 176 Å². The van der Waals surface area contributed by atoms with E-state index in [9.17, 15) is 0 Å². The first-order chi connectivity index (χ1) is 37.6. The summed E-state index contributed by atoms with van der Waals surface area (Å²) in [6, 6.07) is 58.8. The second-order valence-corrected chi connectivity index (χ2v) is 29.8. The lowest BCUT2D eigenvalue weighted by atomic mass is 9.45. The standard InChI is InChI=1S/C72H63BN2S2/c1-70(2,3)49-17-19-60(53(29-49)46-11-5-4-6-12-46)74-67-64-55(33-58-52-15-9-10-16-62(52)76-68(58)67)57-32-51(72-37-43-24-44(38-72)26-45(25-43)39-72)31-56-54-30-50(71-34-40-21-41(35-71)23-42(22-40)36-71)18-20-61(54)75(66(56)57)73(64)65-59-27-47-13-7-8-14-48(47)28-63(59)77-69(65)74/h4-20,27-33,40-45H,21-26,34-39H2,1-3H3. The fraction of sp³-hybridized carbons (Fsp3) is 0.333.